The van der Waals surface area contributed by atoms with E-state index in [2.05, 4.69) is 0 Å². The van der Waals surface area contributed by atoms with Crippen molar-refractivity contribution >= 4 is 5.78 Å². The van der Waals surface area contributed by atoms with Gasteiger partial charge in [-0.1, -0.05) is 30.3 Å². The van der Waals surface area contributed by atoms with E-state index in [1.807, 2.05) is 0 Å². The van der Waals surface area contributed by atoms with Crippen LogP contribution in [0.3, 0.4) is 0 Å². The molecule has 0 saturated carbocycles. The van der Waals surface area contributed by atoms with Crippen LogP contribution in [0.15, 0.2) is 30.3 Å². The molecule has 0 bridgehead atoms. The third-order valence-electron chi connectivity index (χ3n) is 1.29. The second-order valence-electron chi connectivity index (χ2n) is 2.10. The Kier molecular flexibility index (Phi) is 2.36. The highest BCUT2D eigenvalue weighted by atomic mass is 16.3. The van der Waals surface area contributed by atoms with E-state index in [1.165, 1.54) is 12.1 Å². The van der Waals surface area contributed by atoms with Crippen molar-refractivity contribution in [1.29, 1.82) is 0 Å². The van der Waals surface area contributed by atoms with Crippen molar-refractivity contribution < 1.29 is 9.90 Å². The molecule has 1 aromatic rings. The molecule has 0 saturated heterocycles. The van der Waals surface area contributed by atoms with Crippen molar-refractivity contribution in [2.24, 2.45) is 0 Å². The summed E-state index contributed by atoms with van der Waals surface area (Å²) in [5, 5.41) is 8.48. The molecule has 2 radical (unpaired) electrons. The van der Waals surface area contributed by atoms with Gasteiger partial charge < -0.3 is 5.11 Å². The van der Waals surface area contributed by atoms with Crippen LogP contribution < -0.4 is 5.73 Å². The number of Topliss-reactive ketones (excluding diaryl/α,β-unsaturated/α-hetero) is 1. The fraction of sp³-hybridized carbons (Fsp3) is 0.125. The van der Waals surface area contributed by atoms with E-state index >= 15 is 0 Å². The van der Waals surface area contributed by atoms with E-state index in [4.69, 9.17) is 10.8 Å². The number of ketones is 1. The first-order valence-electron chi connectivity index (χ1n) is 3.17. The van der Waals surface area contributed by atoms with Gasteiger partial charge in [-0.05, 0) is 0 Å². The van der Waals surface area contributed by atoms with E-state index in [0.717, 1.165) is 0 Å². The van der Waals surface area contributed by atoms with Gasteiger partial charge >= 0.3 is 0 Å². The van der Waals surface area contributed by atoms with E-state index in [1.54, 1.807) is 18.2 Å². The van der Waals surface area contributed by atoms with Crippen molar-refractivity contribution in [2.75, 3.05) is 0 Å². The van der Waals surface area contributed by atoms with E-state index in [9.17, 15) is 4.79 Å². The summed E-state index contributed by atoms with van der Waals surface area (Å²) in [6.45, 7) is 0. The SMILES string of the molecule is [N]C(O)C(=O)c1ccccc1. The Labute approximate surface area is 64.5 Å². The van der Waals surface area contributed by atoms with Crippen LogP contribution in [0.5, 0.6) is 0 Å². The van der Waals surface area contributed by atoms with Crippen molar-refractivity contribution in [3.63, 3.8) is 0 Å². The lowest BCUT2D eigenvalue weighted by atomic mass is 10.1. The summed E-state index contributed by atoms with van der Waals surface area (Å²) in [6, 6.07) is 8.13. The highest BCUT2D eigenvalue weighted by molar-refractivity contribution is 5.98. The molecule has 1 aromatic carbocycles. The number of benzene rings is 1. The molecule has 1 N–H and O–H groups in total. The highest BCUT2D eigenvalue weighted by Gasteiger charge is 2.12. The van der Waals surface area contributed by atoms with Crippen LogP contribution >= 0.6 is 0 Å². The van der Waals surface area contributed by atoms with Crippen LogP contribution in [0.4, 0.5) is 0 Å². The van der Waals surface area contributed by atoms with Crippen LogP contribution in [0, 0.1) is 0 Å². The number of nitrogens with zero attached hydrogens (tertiary/aromatic N) is 1. The topological polar surface area (TPSA) is 59.6 Å². The molecule has 0 aliphatic rings. The average Bonchev–Trinajstić information content (AvgIpc) is 2.05. The van der Waals surface area contributed by atoms with Gasteiger partial charge in [-0.3, -0.25) is 4.79 Å². The summed E-state index contributed by atoms with van der Waals surface area (Å²) in [7, 11) is 0. The van der Waals surface area contributed by atoms with Gasteiger partial charge in [0.15, 0.2) is 0 Å². The largest absolute Gasteiger partial charge is 0.369 e. The Balaban J connectivity index is 2.86. The zero-order valence-electron chi connectivity index (χ0n) is 5.77. The molecule has 0 heterocycles. The molecule has 0 aliphatic carbocycles. The Hall–Kier alpha value is -1.19. The van der Waals surface area contributed by atoms with Crippen LogP contribution in [0.25, 0.3) is 0 Å². The Morgan fingerprint density at radius 2 is 1.91 bits per heavy atom. The number of hydrogen-bond donors (Lipinski definition) is 1. The second kappa shape index (κ2) is 3.27. The highest BCUT2D eigenvalue weighted by Crippen LogP contribution is 2.00. The predicted octanol–water partition coefficient (Wildman–Crippen LogP) is 0.256. The van der Waals surface area contributed by atoms with Crippen molar-refractivity contribution in [2.45, 2.75) is 6.23 Å². The van der Waals surface area contributed by atoms with E-state index < -0.39 is 12.0 Å². The van der Waals surface area contributed by atoms with Gasteiger partial charge in [-0.2, -0.15) is 0 Å². The molecule has 0 fully saturated rings. The molecule has 3 nitrogen and oxygen atoms in total. The summed E-state index contributed by atoms with van der Waals surface area (Å²) in [4.78, 5) is 10.8. The molecule has 1 atom stereocenters. The molecule has 1 rings (SSSR count). The van der Waals surface area contributed by atoms with Gasteiger partial charge in [0.1, 0.15) is 0 Å². The van der Waals surface area contributed by atoms with Gasteiger partial charge in [-0.15, -0.1) is 5.73 Å². The quantitative estimate of drug-likeness (QED) is 0.613. The third kappa shape index (κ3) is 1.86. The molecule has 3 heteroatoms. The smallest absolute Gasteiger partial charge is 0.209 e. The molecule has 1 unspecified atom stereocenters. The maximum absolute atomic E-state index is 10.8. The molecular formula is C8H7NO2. The summed E-state index contributed by atoms with van der Waals surface area (Å²) in [5.41, 5.74) is 8.79. The minimum atomic E-state index is -1.91. The van der Waals surface area contributed by atoms with Crippen LogP contribution in [0.2, 0.25) is 0 Å². The van der Waals surface area contributed by atoms with Crippen molar-refractivity contribution in [3.05, 3.63) is 35.9 Å². The third-order valence-corrected chi connectivity index (χ3v) is 1.29. The average molecular weight is 149 g/mol. The van der Waals surface area contributed by atoms with E-state index in [-0.39, 0.29) is 0 Å². The zero-order valence-corrected chi connectivity index (χ0v) is 5.77. The lowest BCUT2D eigenvalue weighted by molar-refractivity contribution is 0.0745. The van der Waals surface area contributed by atoms with Gasteiger partial charge in [0.2, 0.25) is 12.0 Å². The molecule has 0 aromatic heterocycles. The van der Waals surface area contributed by atoms with Crippen LogP contribution in [0.1, 0.15) is 10.4 Å². The Morgan fingerprint density at radius 1 is 1.36 bits per heavy atom. The number of rotatable bonds is 2. The monoisotopic (exact) mass is 149 g/mol. The maximum atomic E-state index is 10.8. The summed E-state index contributed by atoms with van der Waals surface area (Å²) in [6.07, 6.45) is -1.91. The number of aliphatic hydroxyl groups is 1. The minimum absolute atomic E-state index is 0.308. The van der Waals surface area contributed by atoms with Crippen molar-refractivity contribution in [1.82, 2.24) is 5.73 Å². The minimum Gasteiger partial charge on any atom is -0.369 e. The van der Waals surface area contributed by atoms with Crippen LogP contribution in [-0.4, -0.2) is 17.1 Å². The molecule has 0 aliphatic heterocycles. The number of carbonyl (C=O) groups excluding carboxylic acids is 1. The lowest BCUT2D eigenvalue weighted by Crippen LogP contribution is -2.20. The van der Waals surface area contributed by atoms with Gasteiger partial charge in [-0.25, -0.2) is 0 Å². The van der Waals surface area contributed by atoms with Gasteiger partial charge in [0.25, 0.3) is 0 Å². The first kappa shape index (κ1) is 7.91. The molecule has 0 amide bonds. The predicted molar refractivity (Wildman–Crippen MR) is 38.9 cm³/mol. The molecule has 0 spiro atoms. The summed E-state index contributed by atoms with van der Waals surface area (Å²) >= 11 is 0. The summed E-state index contributed by atoms with van der Waals surface area (Å²) < 4.78 is 0. The Bertz CT molecular complexity index is 244. The molecular weight excluding hydrogens is 142 g/mol. The van der Waals surface area contributed by atoms with Gasteiger partial charge in [0.05, 0.1) is 0 Å². The fourth-order valence-electron chi connectivity index (χ4n) is 0.751. The first-order chi connectivity index (χ1) is 5.22. The maximum Gasteiger partial charge on any atom is 0.209 e. The fourth-order valence-corrected chi connectivity index (χ4v) is 0.751. The normalized spacial score (nSPS) is 12.5. The lowest BCUT2D eigenvalue weighted by Gasteiger charge is -1.99. The number of aliphatic hydroxyl groups excluding tert-OH is 1. The van der Waals surface area contributed by atoms with Gasteiger partial charge in [0, 0.05) is 5.56 Å². The summed E-state index contributed by atoms with van der Waals surface area (Å²) in [5.74, 6) is -0.675. The standard InChI is InChI=1S/C8H7NO2/c9-8(11)7(10)6-4-2-1-3-5-6/h1-5,8,11H. The second-order valence-corrected chi connectivity index (χ2v) is 2.10. The number of carbonyl (C=O) groups is 1. The molecule has 56 valence electrons. The van der Waals surface area contributed by atoms with Crippen LogP contribution in [-0.2, 0) is 0 Å². The number of hydrogen-bond acceptors (Lipinski definition) is 2. The first-order valence-corrected chi connectivity index (χ1v) is 3.17. The zero-order chi connectivity index (χ0) is 8.27. The Morgan fingerprint density at radius 3 is 2.36 bits per heavy atom. The van der Waals surface area contributed by atoms with Crippen molar-refractivity contribution in [3.8, 4) is 0 Å². The van der Waals surface area contributed by atoms with E-state index in [0.29, 0.717) is 5.56 Å². The molecule has 11 heavy (non-hydrogen) atoms.